The van der Waals surface area contributed by atoms with E-state index in [1.54, 1.807) is 11.8 Å². The largest absolute Gasteiger partial charge is 0.347 e. The van der Waals surface area contributed by atoms with Crippen molar-refractivity contribution in [3.63, 3.8) is 0 Å². The summed E-state index contributed by atoms with van der Waals surface area (Å²) in [5.74, 6) is 1.68. The molecule has 0 aliphatic rings. The number of nitriles is 1. The highest BCUT2D eigenvalue weighted by Crippen LogP contribution is 2.11. The summed E-state index contributed by atoms with van der Waals surface area (Å²) >= 11 is 1.69. The number of H-pyrrole nitrogens is 1. The van der Waals surface area contributed by atoms with Crippen molar-refractivity contribution < 1.29 is 0 Å². The minimum atomic E-state index is 0.486. The molecule has 0 saturated carbocycles. The Balaban J connectivity index is 2.46. The molecule has 64 valence electrons. The molecular formula is C7H10N4S. The van der Waals surface area contributed by atoms with Crippen molar-refractivity contribution in [3.05, 3.63) is 17.7 Å². The lowest BCUT2D eigenvalue weighted by Gasteiger charge is -1.95. The van der Waals surface area contributed by atoms with E-state index in [-0.39, 0.29) is 0 Å². The van der Waals surface area contributed by atoms with Crippen LogP contribution in [-0.2, 0) is 5.75 Å². The summed E-state index contributed by atoms with van der Waals surface area (Å²) in [5, 5.41) is 8.60. The van der Waals surface area contributed by atoms with E-state index in [4.69, 9.17) is 11.0 Å². The molecule has 0 amide bonds. The second-order valence-corrected chi connectivity index (χ2v) is 3.29. The molecule has 5 heteroatoms. The molecular weight excluding hydrogens is 172 g/mol. The van der Waals surface area contributed by atoms with Gasteiger partial charge in [-0.15, -0.1) is 0 Å². The fraction of sp³-hybridized carbons (Fsp3) is 0.429. The van der Waals surface area contributed by atoms with Crippen LogP contribution in [0.2, 0.25) is 0 Å². The molecule has 0 bridgehead atoms. The molecule has 1 rings (SSSR count). The van der Waals surface area contributed by atoms with Gasteiger partial charge in [0.05, 0.1) is 12.0 Å². The molecule has 12 heavy (non-hydrogen) atoms. The minimum absolute atomic E-state index is 0.486. The van der Waals surface area contributed by atoms with Gasteiger partial charge in [0.15, 0.2) is 5.69 Å². The molecule has 0 unspecified atom stereocenters. The van der Waals surface area contributed by atoms with E-state index in [1.165, 1.54) is 6.33 Å². The summed E-state index contributed by atoms with van der Waals surface area (Å²) in [5.41, 5.74) is 6.70. The molecule has 1 aromatic rings. The van der Waals surface area contributed by atoms with Gasteiger partial charge in [0, 0.05) is 18.1 Å². The zero-order chi connectivity index (χ0) is 8.81. The smallest absolute Gasteiger partial charge is 0.162 e. The van der Waals surface area contributed by atoms with Crippen LogP contribution in [0.25, 0.3) is 0 Å². The van der Waals surface area contributed by atoms with Crippen LogP contribution >= 0.6 is 11.8 Å². The number of imidazole rings is 1. The van der Waals surface area contributed by atoms with Crippen molar-refractivity contribution in [1.29, 1.82) is 5.26 Å². The Hall–Kier alpha value is -0.990. The summed E-state index contributed by atoms with van der Waals surface area (Å²) in [6, 6.07) is 2.02. The predicted octanol–water partition coefficient (Wildman–Crippen LogP) is 0.473. The zero-order valence-corrected chi connectivity index (χ0v) is 7.40. The fourth-order valence-electron chi connectivity index (χ4n) is 0.785. The highest BCUT2D eigenvalue weighted by Gasteiger charge is 2.02. The SMILES string of the molecule is N#Cc1nc[nH]c1CSCCN. The average molecular weight is 182 g/mol. The van der Waals surface area contributed by atoms with Gasteiger partial charge in [0.1, 0.15) is 6.07 Å². The Labute approximate surface area is 75.2 Å². The Bertz CT molecular complexity index is 275. The molecule has 0 spiro atoms. The maximum Gasteiger partial charge on any atom is 0.162 e. The van der Waals surface area contributed by atoms with Gasteiger partial charge in [-0.05, 0) is 0 Å². The first-order valence-corrected chi connectivity index (χ1v) is 4.74. The van der Waals surface area contributed by atoms with Crippen LogP contribution in [0.15, 0.2) is 6.33 Å². The van der Waals surface area contributed by atoms with Crippen LogP contribution in [0.3, 0.4) is 0 Å². The summed E-state index contributed by atoms with van der Waals surface area (Å²) in [4.78, 5) is 6.77. The van der Waals surface area contributed by atoms with E-state index in [9.17, 15) is 0 Å². The van der Waals surface area contributed by atoms with Crippen molar-refractivity contribution in [2.75, 3.05) is 12.3 Å². The van der Waals surface area contributed by atoms with Gasteiger partial charge in [-0.25, -0.2) is 4.98 Å². The second-order valence-electron chi connectivity index (χ2n) is 2.18. The van der Waals surface area contributed by atoms with Gasteiger partial charge in [-0.2, -0.15) is 17.0 Å². The van der Waals surface area contributed by atoms with Crippen molar-refractivity contribution in [1.82, 2.24) is 9.97 Å². The van der Waals surface area contributed by atoms with Crippen LogP contribution in [0, 0.1) is 11.3 Å². The van der Waals surface area contributed by atoms with Gasteiger partial charge in [-0.1, -0.05) is 0 Å². The zero-order valence-electron chi connectivity index (χ0n) is 6.58. The molecule has 3 N–H and O–H groups in total. The molecule has 0 aliphatic carbocycles. The van der Waals surface area contributed by atoms with E-state index in [2.05, 4.69) is 9.97 Å². The topological polar surface area (TPSA) is 78.5 Å². The number of nitrogens with two attached hydrogens (primary N) is 1. The van der Waals surface area contributed by atoms with Crippen molar-refractivity contribution in [3.8, 4) is 6.07 Å². The predicted molar refractivity (Wildman–Crippen MR) is 48.5 cm³/mol. The van der Waals surface area contributed by atoms with Gasteiger partial charge in [-0.3, -0.25) is 0 Å². The standard InChI is InChI=1S/C7H10N4S/c8-1-2-12-4-7-6(3-9)10-5-11-7/h5H,1-2,4,8H2,(H,10,11). The van der Waals surface area contributed by atoms with Crippen LogP contribution in [-0.4, -0.2) is 22.3 Å². The third-order valence-corrected chi connectivity index (χ3v) is 2.35. The third-order valence-electron chi connectivity index (χ3n) is 1.33. The maximum atomic E-state index is 8.60. The third kappa shape index (κ3) is 2.26. The highest BCUT2D eigenvalue weighted by molar-refractivity contribution is 7.98. The first-order chi connectivity index (χ1) is 5.88. The fourth-order valence-corrected chi connectivity index (χ4v) is 1.52. The molecule has 1 aromatic heterocycles. The molecule has 0 aliphatic heterocycles. The Morgan fingerprint density at radius 2 is 2.58 bits per heavy atom. The number of hydrogen-bond acceptors (Lipinski definition) is 4. The van der Waals surface area contributed by atoms with Crippen LogP contribution in [0.4, 0.5) is 0 Å². The number of rotatable bonds is 4. The summed E-state index contributed by atoms with van der Waals surface area (Å²) in [6.45, 7) is 0.667. The van der Waals surface area contributed by atoms with Gasteiger partial charge < -0.3 is 10.7 Å². The number of nitrogens with one attached hydrogen (secondary N) is 1. The van der Waals surface area contributed by atoms with Crippen molar-refractivity contribution >= 4 is 11.8 Å². The van der Waals surface area contributed by atoms with Crippen LogP contribution in [0.1, 0.15) is 11.4 Å². The lowest BCUT2D eigenvalue weighted by molar-refractivity contribution is 1.14. The number of hydrogen-bond donors (Lipinski definition) is 2. The highest BCUT2D eigenvalue weighted by atomic mass is 32.2. The Morgan fingerprint density at radius 3 is 3.25 bits per heavy atom. The second kappa shape index (κ2) is 4.80. The van der Waals surface area contributed by atoms with Crippen LogP contribution < -0.4 is 5.73 Å². The minimum Gasteiger partial charge on any atom is -0.347 e. The van der Waals surface area contributed by atoms with Gasteiger partial charge in [0.2, 0.25) is 0 Å². The molecule has 0 saturated heterocycles. The molecule has 0 aromatic carbocycles. The monoisotopic (exact) mass is 182 g/mol. The maximum absolute atomic E-state index is 8.60. The lowest BCUT2D eigenvalue weighted by atomic mass is 10.4. The van der Waals surface area contributed by atoms with Gasteiger partial charge >= 0.3 is 0 Å². The Kier molecular flexibility index (Phi) is 3.64. The van der Waals surface area contributed by atoms with E-state index in [0.29, 0.717) is 12.2 Å². The first kappa shape index (κ1) is 9.10. The van der Waals surface area contributed by atoms with Gasteiger partial charge in [0.25, 0.3) is 0 Å². The quantitative estimate of drug-likeness (QED) is 0.663. The normalized spacial score (nSPS) is 9.67. The average Bonchev–Trinajstić information content (AvgIpc) is 2.52. The lowest BCUT2D eigenvalue weighted by Crippen LogP contribution is -2.01. The molecule has 0 atom stereocenters. The first-order valence-electron chi connectivity index (χ1n) is 3.58. The molecule has 0 radical (unpaired) electrons. The summed E-state index contributed by atoms with van der Waals surface area (Å²) in [7, 11) is 0. The Morgan fingerprint density at radius 1 is 1.75 bits per heavy atom. The van der Waals surface area contributed by atoms with E-state index in [0.717, 1.165) is 17.2 Å². The molecule has 4 nitrogen and oxygen atoms in total. The van der Waals surface area contributed by atoms with E-state index in [1.807, 2.05) is 6.07 Å². The van der Waals surface area contributed by atoms with E-state index < -0.39 is 0 Å². The molecule has 0 fully saturated rings. The molecule has 1 heterocycles. The summed E-state index contributed by atoms with van der Waals surface area (Å²) < 4.78 is 0. The van der Waals surface area contributed by atoms with Crippen molar-refractivity contribution in [2.24, 2.45) is 5.73 Å². The number of thioether (sulfide) groups is 1. The number of aromatic nitrogens is 2. The van der Waals surface area contributed by atoms with E-state index >= 15 is 0 Å². The van der Waals surface area contributed by atoms with Crippen molar-refractivity contribution in [2.45, 2.75) is 5.75 Å². The summed E-state index contributed by atoms with van der Waals surface area (Å²) in [6.07, 6.45) is 1.54. The number of aromatic amines is 1. The van der Waals surface area contributed by atoms with Crippen LogP contribution in [0.5, 0.6) is 0 Å². The number of nitrogens with zero attached hydrogens (tertiary/aromatic N) is 2.